The molecule has 0 atom stereocenters. The van der Waals surface area contributed by atoms with Gasteiger partial charge in [-0.15, -0.1) is 0 Å². The molecule has 28 heavy (non-hydrogen) atoms. The van der Waals surface area contributed by atoms with Gasteiger partial charge in [0.05, 0.1) is 12.0 Å². The van der Waals surface area contributed by atoms with Crippen LogP contribution in [0.2, 0.25) is 0 Å². The first-order chi connectivity index (χ1) is 13.3. The number of esters is 1. The minimum absolute atomic E-state index is 0.00840. The van der Waals surface area contributed by atoms with E-state index in [2.05, 4.69) is 14.8 Å². The van der Waals surface area contributed by atoms with Gasteiger partial charge < -0.3 is 10.1 Å². The molecule has 8 nitrogen and oxygen atoms in total. The van der Waals surface area contributed by atoms with Gasteiger partial charge in [-0.2, -0.15) is 4.72 Å². The molecule has 0 aromatic heterocycles. The Bertz CT molecular complexity index is 940. The third-order valence-corrected chi connectivity index (χ3v) is 5.17. The molecule has 0 radical (unpaired) electrons. The number of hydrogen-bond donors (Lipinski definition) is 2. The van der Waals surface area contributed by atoms with Crippen molar-refractivity contribution in [2.24, 2.45) is 0 Å². The Morgan fingerprint density at radius 1 is 0.929 bits per heavy atom. The van der Waals surface area contributed by atoms with E-state index in [1.165, 1.54) is 24.3 Å². The highest BCUT2D eigenvalue weighted by molar-refractivity contribution is 7.89. The van der Waals surface area contributed by atoms with Crippen LogP contribution in [0.3, 0.4) is 0 Å². The lowest BCUT2D eigenvalue weighted by atomic mass is 10.1. The van der Waals surface area contributed by atoms with Crippen molar-refractivity contribution in [1.82, 2.24) is 4.72 Å². The zero-order valence-corrected chi connectivity index (χ0v) is 16.0. The van der Waals surface area contributed by atoms with Crippen molar-refractivity contribution < 1.29 is 27.5 Å². The van der Waals surface area contributed by atoms with Crippen molar-refractivity contribution in [1.29, 1.82) is 0 Å². The lowest BCUT2D eigenvalue weighted by Gasteiger charge is -2.08. The van der Waals surface area contributed by atoms with Crippen LogP contribution in [0.4, 0.5) is 5.69 Å². The Labute approximate surface area is 163 Å². The van der Waals surface area contributed by atoms with Crippen LogP contribution in [-0.4, -0.2) is 39.7 Å². The largest absolute Gasteiger partial charge is 0.468 e. The molecule has 0 aliphatic heterocycles. The summed E-state index contributed by atoms with van der Waals surface area (Å²) in [6, 6.07) is 14.1. The molecular formula is C19H20N2O6S. The molecule has 0 aliphatic carbocycles. The van der Waals surface area contributed by atoms with Crippen molar-refractivity contribution >= 4 is 33.4 Å². The normalized spacial score (nSPS) is 10.9. The van der Waals surface area contributed by atoms with E-state index in [-0.39, 0.29) is 29.4 Å². The van der Waals surface area contributed by atoms with Crippen molar-refractivity contribution in [3.8, 4) is 0 Å². The molecule has 0 saturated heterocycles. The zero-order chi connectivity index (χ0) is 20.6. The summed E-state index contributed by atoms with van der Waals surface area (Å²) in [5.74, 6) is -1.20. The summed E-state index contributed by atoms with van der Waals surface area (Å²) < 4.78 is 30.6. The molecule has 0 fully saturated rings. The second-order valence-corrected chi connectivity index (χ2v) is 7.53. The minimum Gasteiger partial charge on any atom is -0.468 e. The van der Waals surface area contributed by atoms with Crippen LogP contribution in [0.5, 0.6) is 0 Å². The number of carbonyl (C=O) groups is 3. The summed E-state index contributed by atoms with van der Waals surface area (Å²) in [6.45, 7) is -0.479. The van der Waals surface area contributed by atoms with Crippen molar-refractivity contribution in [2.45, 2.75) is 17.7 Å². The summed E-state index contributed by atoms with van der Waals surface area (Å²) in [5.41, 5.74) is 0.938. The molecule has 0 saturated carbocycles. The topological polar surface area (TPSA) is 119 Å². The Morgan fingerprint density at radius 2 is 1.57 bits per heavy atom. The predicted octanol–water partition coefficient (Wildman–Crippen LogP) is 1.74. The molecule has 0 heterocycles. The fourth-order valence-corrected chi connectivity index (χ4v) is 3.21. The van der Waals surface area contributed by atoms with Crippen LogP contribution in [0.15, 0.2) is 59.5 Å². The highest BCUT2D eigenvalue weighted by Crippen LogP contribution is 2.15. The van der Waals surface area contributed by atoms with E-state index in [0.29, 0.717) is 11.3 Å². The lowest BCUT2D eigenvalue weighted by Crippen LogP contribution is -2.30. The van der Waals surface area contributed by atoms with Crippen molar-refractivity contribution in [3.63, 3.8) is 0 Å². The third-order valence-electron chi connectivity index (χ3n) is 3.76. The van der Waals surface area contributed by atoms with Crippen LogP contribution >= 0.6 is 0 Å². The maximum absolute atomic E-state index is 12.1. The number of ketones is 1. The van der Waals surface area contributed by atoms with E-state index in [4.69, 9.17) is 0 Å². The third kappa shape index (κ3) is 6.29. The van der Waals surface area contributed by atoms with Gasteiger partial charge in [-0.25, -0.2) is 8.42 Å². The van der Waals surface area contributed by atoms with Gasteiger partial charge in [0.25, 0.3) is 0 Å². The molecule has 0 bridgehead atoms. The first-order valence-electron chi connectivity index (χ1n) is 8.36. The summed E-state index contributed by atoms with van der Waals surface area (Å²) in [7, 11) is -2.72. The molecular weight excluding hydrogens is 384 g/mol. The van der Waals surface area contributed by atoms with Gasteiger partial charge in [0.15, 0.2) is 5.78 Å². The number of sulfonamides is 1. The Hall–Kier alpha value is -3.04. The number of anilines is 1. The maximum Gasteiger partial charge on any atom is 0.320 e. The fraction of sp³-hybridized carbons (Fsp3) is 0.211. The summed E-state index contributed by atoms with van der Waals surface area (Å²) in [5, 5.41) is 2.61. The van der Waals surface area contributed by atoms with Gasteiger partial charge in [-0.3, -0.25) is 14.4 Å². The first-order valence-corrected chi connectivity index (χ1v) is 9.85. The number of methoxy groups -OCH3 is 1. The number of carbonyl (C=O) groups excluding carboxylic acids is 3. The second-order valence-electron chi connectivity index (χ2n) is 5.76. The van der Waals surface area contributed by atoms with E-state index < -0.39 is 22.5 Å². The Morgan fingerprint density at radius 3 is 2.18 bits per heavy atom. The molecule has 2 aromatic carbocycles. The smallest absolute Gasteiger partial charge is 0.320 e. The monoisotopic (exact) mass is 404 g/mol. The Kier molecular flexibility index (Phi) is 7.42. The number of benzene rings is 2. The molecule has 0 unspecified atom stereocenters. The minimum atomic E-state index is -3.87. The average molecular weight is 404 g/mol. The molecule has 9 heteroatoms. The Balaban J connectivity index is 1.88. The highest BCUT2D eigenvalue weighted by Gasteiger charge is 2.16. The number of Topliss-reactive ketones (excluding diaryl/α,β-unsaturated/α-hetero) is 1. The average Bonchev–Trinajstić information content (AvgIpc) is 2.71. The van der Waals surface area contributed by atoms with Crippen LogP contribution in [-0.2, 0) is 24.3 Å². The van der Waals surface area contributed by atoms with E-state index in [0.717, 1.165) is 7.11 Å². The molecule has 2 N–H and O–H groups in total. The number of rotatable bonds is 9. The molecule has 0 aliphatic rings. The van der Waals surface area contributed by atoms with Gasteiger partial charge in [0.1, 0.15) is 6.54 Å². The maximum atomic E-state index is 12.1. The zero-order valence-electron chi connectivity index (χ0n) is 15.2. The molecule has 2 aromatic rings. The summed E-state index contributed by atoms with van der Waals surface area (Å²) in [4.78, 5) is 35.0. The number of nitrogens with one attached hydrogen (secondary N) is 2. The van der Waals surface area contributed by atoms with E-state index in [1.54, 1.807) is 30.3 Å². The van der Waals surface area contributed by atoms with Gasteiger partial charge >= 0.3 is 5.97 Å². The van der Waals surface area contributed by atoms with Crippen LogP contribution in [0.25, 0.3) is 0 Å². The number of hydrogen-bond acceptors (Lipinski definition) is 6. The van der Waals surface area contributed by atoms with Crippen molar-refractivity contribution in [2.75, 3.05) is 19.0 Å². The predicted molar refractivity (Wildman–Crippen MR) is 102 cm³/mol. The number of ether oxygens (including phenoxy) is 1. The summed E-state index contributed by atoms with van der Waals surface area (Å²) >= 11 is 0. The first kappa shape index (κ1) is 21.3. The van der Waals surface area contributed by atoms with E-state index in [9.17, 15) is 22.8 Å². The fourth-order valence-electron chi connectivity index (χ4n) is 2.25. The quantitative estimate of drug-likeness (QED) is 0.485. The number of amides is 1. The molecule has 2 rings (SSSR count). The van der Waals surface area contributed by atoms with Gasteiger partial charge in [0.2, 0.25) is 15.9 Å². The summed E-state index contributed by atoms with van der Waals surface area (Å²) in [6.07, 6.45) is 0.0776. The van der Waals surface area contributed by atoms with Crippen LogP contribution in [0, 0.1) is 0 Å². The molecule has 148 valence electrons. The second kappa shape index (κ2) is 9.77. The standard InChI is InChI=1S/C19H20N2O6S/c1-27-19(24)13-20-28(25,26)16-9-7-15(8-10-16)21-18(23)12-11-17(22)14-5-3-2-4-6-14/h2-10,20H,11-13H2,1H3,(H,21,23). The highest BCUT2D eigenvalue weighted by atomic mass is 32.2. The van der Waals surface area contributed by atoms with Gasteiger partial charge in [0, 0.05) is 24.1 Å². The van der Waals surface area contributed by atoms with Gasteiger partial charge in [-0.1, -0.05) is 30.3 Å². The lowest BCUT2D eigenvalue weighted by molar-refractivity contribution is -0.139. The van der Waals surface area contributed by atoms with Crippen LogP contribution < -0.4 is 10.0 Å². The van der Waals surface area contributed by atoms with Crippen LogP contribution in [0.1, 0.15) is 23.2 Å². The molecule has 1 amide bonds. The van der Waals surface area contributed by atoms with Gasteiger partial charge in [-0.05, 0) is 24.3 Å². The molecule has 0 spiro atoms. The van der Waals surface area contributed by atoms with Crippen molar-refractivity contribution in [3.05, 3.63) is 60.2 Å². The van der Waals surface area contributed by atoms with E-state index in [1.807, 2.05) is 0 Å². The van der Waals surface area contributed by atoms with E-state index >= 15 is 0 Å². The SMILES string of the molecule is COC(=O)CNS(=O)(=O)c1ccc(NC(=O)CCC(=O)c2ccccc2)cc1.